The highest BCUT2D eigenvalue weighted by molar-refractivity contribution is 8.16. The van der Waals surface area contributed by atoms with Crippen LogP contribution in [0.5, 0.6) is 0 Å². The van der Waals surface area contributed by atoms with E-state index in [0.717, 1.165) is 16.8 Å². The van der Waals surface area contributed by atoms with E-state index in [-0.39, 0.29) is 16.8 Å². The van der Waals surface area contributed by atoms with Crippen molar-refractivity contribution in [3.8, 4) is 0 Å². The number of amidine groups is 1. The minimum atomic E-state index is -0.457. The van der Waals surface area contributed by atoms with Gasteiger partial charge < -0.3 is 0 Å². The summed E-state index contributed by atoms with van der Waals surface area (Å²) in [5, 5.41) is 19.5. The molecule has 1 amide bonds. The number of nitro benzene ring substituents is 1. The molecule has 0 unspecified atom stereocenters. The van der Waals surface area contributed by atoms with Gasteiger partial charge in [-0.3, -0.25) is 19.8 Å². The highest BCUT2D eigenvalue weighted by Gasteiger charge is 2.39. The monoisotopic (exact) mass is 444 g/mol. The molecule has 0 spiro atoms. The molecule has 8 heteroatoms. The van der Waals surface area contributed by atoms with E-state index >= 15 is 0 Å². The fraction of sp³-hybridized carbons (Fsp3) is 0.125. The number of amides is 1. The Hall–Kier alpha value is -3.78. The smallest absolute Gasteiger partial charge is 0.270 e. The lowest BCUT2D eigenvalue weighted by Gasteiger charge is -2.15. The summed E-state index contributed by atoms with van der Waals surface area (Å²) in [5.41, 5.74) is 3.50. The Morgan fingerprint density at radius 3 is 2.59 bits per heavy atom. The van der Waals surface area contributed by atoms with E-state index in [0.29, 0.717) is 17.2 Å². The fourth-order valence-corrected chi connectivity index (χ4v) is 4.53. The van der Waals surface area contributed by atoms with Crippen LogP contribution in [0.1, 0.15) is 16.7 Å². The molecule has 4 rings (SSSR count). The summed E-state index contributed by atoms with van der Waals surface area (Å²) >= 11 is 1.37. The Kier molecular flexibility index (Phi) is 6.42. The third-order valence-corrected chi connectivity index (χ3v) is 6.01. The number of non-ortho nitro benzene ring substituents is 1. The van der Waals surface area contributed by atoms with Gasteiger partial charge in [0.1, 0.15) is 0 Å². The molecular weight excluding hydrogens is 424 g/mol. The van der Waals surface area contributed by atoms with E-state index in [1.807, 2.05) is 55.5 Å². The van der Waals surface area contributed by atoms with E-state index in [9.17, 15) is 14.9 Å². The topological polar surface area (TPSA) is 88.2 Å². The lowest BCUT2D eigenvalue weighted by Crippen LogP contribution is -2.32. The molecule has 1 saturated heterocycles. The maximum atomic E-state index is 13.3. The molecule has 0 aromatic heterocycles. The number of anilines is 1. The SMILES string of the molecule is Cc1cccc(C[C@H]2S/C(=N\N=C/c3cccc([N+](=O)[O-])c3)N(c3ccccc3)C2=O)c1. The molecule has 3 aromatic carbocycles. The van der Waals surface area contributed by atoms with Gasteiger partial charge in [-0.1, -0.05) is 71.9 Å². The van der Waals surface area contributed by atoms with E-state index in [1.165, 1.54) is 30.1 Å². The number of thioether (sulfide) groups is 1. The van der Waals surface area contributed by atoms with Gasteiger partial charge in [0.05, 0.1) is 22.1 Å². The zero-order chi connectivity index (χ0) is 22.5. The average Bonchev–Trinajstić information content (AvgIpc) is 3.09. The molecular formula is C24H20N4O3S. The first-order valence-corrected chi connectivity index (χ1v) is 10.9. The zero-order valence-corrected chi connectivity index (χ0v) is 18.1. The molecule has 0 N–H and O–H groups in total. The van der Waals surface area contributed by atoms with Crippen molar-refractivity contribution in [3.05, 3.63) is 106 Å². The van der Waals surface area contributed by atoms with Gasteiger partial charge in [-0.15, -0.1) is 5.10 Å². The molecule has 3 aromatic rings. The molecule has 0 radical (unpaired) electrons. The quantitative estimate of drug-likeness (QED) is 0.305. The van der Waals surface area contributed by atoms with Crippen LogP contribution in [0.15, 0.2) is 89.1 Å². The second-order valence-corrected chi connectivity index (χ2v) is 8.46. The van der Waals surface area contributed by atoms with Gasteiger partial charge in [-0.2, -0.15) is 5.10 Å². The molecule has 32 heavy (non-hydrogen) atoms. The molecule has 0 bridgehead atoms. The van der Waals surface area contributed by atoms with Crippen LogP contribution in [-0.4, -0.2) is 27.5 Å². The van der Waals surface area contributed by atoms with Gasteiger partial charge >= 0.3 is 0 Å². The molecule has 1 aliphatic heterocycles. The highest BCUT2D eigenvalue weighted by atomic mass is 32.2. The van der Waals surface area contributed by atoms with Crippen LogP contribution in [0.3, 0.4) is 0 Å². The lowest BCUT2D eigenvalue weighted by molar-refractivity contribution is -0.384. The Bertz CT molecular complexity index is 1210. The number of hydrogen-bond donors (Lipinski definition) is 0. The first-order chi connectivity index (χ1) is 15.5. The lowest BCUT2D eigenvalue weighted by atomic mass is 10.1. The van der Waals surface area contributed by atoms with Crippen LogP contribution in [0.4, 0.5) is 11.4 Å². The van der Waals surface area contributed by atoms with E-state index in [1.54, 1.807) is 17.0 Å². The number of carbonyl (C=O) groups is 1. The van der Waals surface area contributed by atoms with Crippen LogP contribution in [0, 0.1) is 17.0 Å². The summed E-state index contributed by atoms with van der Waals surface area (Å²) in [6, 6.07) is 23.6. The number of aryl methyl sites for hydroxylation is 1. The van der Waals surface area contributed by atoms with Crippen molar-refractivity contribution in [1.82, 2.24) is 0 Å². The number of nitrogens with zero attached hydrogens (tertiary/aromatic N) is 4. The van der Waals surface area contributed by atoms with E-state index in [4.69, 9.17) is 0 Å². The largest absolute Gasteiger partial charge is 0.273 e. The molecule has 1 heterocycles. The molecule has 7 nitrogen and oxygen atoms in total. The fourth-order valence-electron chi connectivity index (χ4n) is 3.40. The Labute approximate surface area is 189 Å². The number of benzene rings is 3. The van der Waals surface area contributed by atoms with Gasteiger partial charge in [-0.25, -0.2) is 0 Å². The highest BCUT2D eigenvalue weighted by Crippen LogP contribution is 2.34. The number of hydrogen-bond acceptors (Lipinski definition) is 6. The molecule has 1 fully saturated rings. The first-order valence-electron chi connectivity index (χ1n) is 9.98. The molecule has 1 atom stereocenters. The van der Waals surface area contributed by atoms with Crippen molar-refractivity contribution < 1.29 is 9.72 Å². The Morgan fingerprint density at radius 2 is 1.84 bits per heavy atom. The van der Waals surface area contributed by atoms with Gasteiger partial charge in [0.2, 0.25) is 5.91 Å². The minimum absolute atomic E-state index is 0.0175. The summed E-state index contributed by atoms with van der Waals surface area (Å²) in [7, 11) is 0. The predicted octanol–water partition coefficient (Wildman–Crippen LogP) is 4.98. The maximum Gasteiger partial charge on any atom is 0.270 e. The van der Waals surface area contributed by atoms with Crippen molar-refractivity contribution in [2.24, 2.45) is 10.2 Å². The second-order valence-electron chi connectivity index (χ2n) is 7.29. The van der Waals surface area contributed by atoms with Gasteiger partial charge in [0, 0.05) is 17.7 Å². The molecule has 1 aliphatic rings. The Morgan fingerprint density at radius 1 is 1.06 bits per heavy atom. The van der Waals surface area contributed by atoms with Crippen LogP contribution < -0.4 is 4.90 Å². The average molecular weight is 445 g/mol. The van der Waals surface area contributed by atoms with E-state index in [2.05, 4.69) is 16.3 Å². The van der Waals surface area contributed by atoms with Crippen molar-refractivity contribution in [3.63, 3.8) is 0 Å². The zero-order valence-electron chi connectivity index (χ0n) is 17.3. The Balaban J connectivity index is 1.61. The molecule has 0 aliphatic carbocycles. The van der Waals surface area contributed by atoms with Crippen LogP contribution in [0.2, 0.25) is 0 Å². The predicted molar refractivity (Wildman–Crippen MR) is 128 cm³/mol. The summed E-state index contributed by atoms with van der Waals surface area (Å²) in [5.74, 6) is -0.0491. The normalized spacial score (nSPS) is 17.4. The first kappa shape index (κ1) is 21.5. The third-order valence-electron chi connectivity index (χ3n) is 4.88. The summed E-state index contributed by atoms with van der Waals surface area (Å²) in [6.45, 7) is 2.03. The van der Waals surface area contributed by atoms with Crippen LogP contribution in [0.25, 0.3) is 0 Å². The van der Waals surface area contributed by atoms with Gasteiger partial charge in [0.25, 0.3) is 5.69 Å². The van der Waals surface area contributed by atoms with Crippen molar-refractivity contribution in [2.45, 2.75) is 18.6 Å². The maximum absolute atomic E-state index is 13.3. The molecule has 160 valence electrons. The van der Waals surface area contributed by atoms with Crippen LogP contribution in [-0.2, 0) is 11.2 Å². The summed E-state index contributed by atoms with van der Waals surface area (Å²) in [6.07, 6.45) is 2.03. The standard InChI is InChI=1S/C24H20N4O3S/c1-17-7-5-8-18(13-17)15-22-23(29)27(20-10-3-2-4-11-20)24(32-22)26-25-16-19-9-6-12-21(14-19)28(30)31/h2-14,16,22H,15H2,1H3/b25-16-,26-24-/t22-/m1/s1. The number of carbonyl (C=O) groups excluding carboxylic acids is 1. The molecule has 0 saturated carbocycles. The van der Waals surface area contributed by atoms with Gasteiger partial charge in [0.15, 0.2) is 5.17 Å². The van der Waals surface area contributed by atoms with Crippen molar-refractivity contribution >= 4 is 40.4 Å². The number of nitro groups is 1. The summed E-state index contributed by atoms with van der Waals surface area (Å²) < 4.78 is 0. The van der Waals surface area contributed by atoms with Crippen LogP contribution >= 0.6 is 11.8 Å². The summed E-state index contributed by atoms with van der Waals surface area (Å²) in [4.78, 5) is 25.3. The second kappa shape index (κ2) is 9.57. The number of para-hydroxylation sites is 1. The number of rotatable bonds is 6. The van der Waals surface area contributed by atoms with Gasteiger partial charge in [-0.05, 0) is 31.0 Å². The van der Waals surface area contributed by atoms with Crippen molar-refractivity contribution in [1.29, 1.82) is 0 Å². The minimum Gasteiger partial charge on any atom is -0.273 e. The third kappa shape index (κ3) is 4.92. The van der Waals surface area contributed by atoms with Crippen molar-refractivity contribution in [2.75, 3.05) is 4.90 Å². The van der Waals surface area contributed by atoms with E-state index < -0.39 is 4.92 Å².